The Kier molecular flexibility index (Phi) is 5.55. The third-order valence-corrected chi connectivity index (χ3v) is 6.45. The largest absolute Gasteiger partial charge is 0.479 e. The van der Waals surface area contributed by atoms with E-state index >= 15 is 4.39 Å². The number of methoxy groups -OCH3 is 1. The summed E-state index contributed by atoms with van der Waals surface area (Å²) in [7, 11) is 2.86. The molecular formula is C23H25F2N7O3. The topological polar surface area (TPSA) is 118 Å². The van der Waals surface area contributed by atoms with Gasteiger partial charge in [0.15, 0.2) is 17.3 Å². The highest BCUT2D eigenvalue weighted by Crippen LogP contribution is 2.35. The number of nitrogens with zero attached hydrogens (tertiary/aromatic N) is 5. The third kappa shape index (κ3) is 4.03. The Morgan fingerprint density at radius 2 is 2.00 bits per heavy atom. The van der Waals surface area contributed by atoms with Crippen LogP contribution >= 0.6 is 0 Å². The number of fused-ring (bicyclic) bond motifs is 2. The molecule has 1 saturated carbocycles. The van der Waals surface area contributed by atoms with Crippen LogP contribution in [0.25, 0.3) is 22.3 Å². The summed E-state index contributed by atoms with van der Waals surface area (Å²) in [5.41, 5.74) is -0.231. The number of pyridine rings is 1. The summed E-state index contributed by atoms with van der Waals surface area (Å²) in [5, 5.41) is 20.3. The molecule has 1 aliphatic rings. The van der Waals surface area contributed by atoms with Crippen LogP contribution in [0.1, 0.15) is 43.1 Å². The lowest BCUT2D eigenvalue weighted by molar-refractivity contribution is 0.0195. The van der Waals surface area contributed by atoms with Crippen LogP contribution < -0.4 is 15.4 Å². The van der Waals surface area contributed by atoms with Crippen molar-refractivity contribution in [3.63, 3.8) is 0 Å². The molecule has 1 amide bonds. The van der Waals surface area contributed by atoms with Crippen LogP contribution in [-0.2, 0) is 0 Å². The molecule has 0 bridgehead atoms. The number of nitrogens with one attached hydrogen (secondary N) is 2. The van der Waals surface area contributed by atoms with Crippen LogP contribution in [0, 0.1) is 11.6 Å². The molecule has 184 valence electrons. The zero-order chi connectivity index (χ0) is 24.9. The first-order valence-corrected chi connectivity index (χ1v) is 11.2. The second-order valence-electron chi connectivity index (χ2n) is 9.00. The van der Waals surface area contributed by atoms with Crippen LogP contribution in [-0.4, -0.2) is 60.8 Å². The van der Waals surface area contributed by atoms with Gasteiger partial charge in [0.2, 0.25) is 11.8 Å². The SMILES string of the molecule is CNC(=O)c1cnc2c(F)cc(-c3c(F)cn4nc(NC5CCC(C)(O)CC5)nc(OC)c34)cn12. The Hall–Kier alpha value is -3.80. The minimum atomic E-state index is -0.720. The summed E-state index contributed by atoms with van der Waals surface area (Å²) < 4.78 is 38.1. The van der Waals surface area contributed by atoms with E-state index in [0.717, 1.165) is 18.9 Å². The van der Waals surface area contributed by atoms with Gasteiger partial charge in [-0.15, -0.1) is 5.10 Å². The molecule has 0 spiro atoms. The first-order valence-electron chi connectivity index (χ1n) is 11.2. The molecule has 0 aromatic carbocycles. The van der Waals surface area contributed by atoms with Gasteiger partial charge in [-0.05, 0) is 38.7 Å². The molecule has 3 N–H and O–H groups in total. The second-order valence-corrected chi connectivity index (χ2v) is 9.00. The molecule has 35 heavy (non-hydrogen) atoms. The number of carbonyl (C=O) groups excluding carboxylic acids is 1. The van der Waals surface area contributed by atoms with Crippen LogP contribution in [0.4, 0.5) is 14.7 Å². The molecule has 0 atom stereocenters. The van der Waals surface area contributed by atoms with Crippen molar-refractivity contribution in [1.29, 1.82) is 0 Å². The highest BCUT2D eigenvalue weighted by Gasteiger charge is 2.29. The number of aliphatic hydroxyl groups is 1. The lowest BCUT2D eigenvalue weighted by atomic mass is 9.84. The average Bonchev–Trinajstić information content (AvgIpc) is 3.40. The van der Waals surface area contributed by atoms with Gasteiger partial charge in [-0.25, -0.2) is 18.3 Å². The van der Waals surface area contributed by atoms with E-state index in [-0.39, 0.29) is 45.9 Å². The van der Waals surface area contributed by atoms with Gasteiger partial charge in [-0.2, -0.15) is 4.98 Å². The van der Waals surface area contributed by atoms with E-state index in [4.69, 9.17) is 4.74 Å². The van der Waals surface area contributed by atoms with Crippen molar-refractivity contribution in [2.24, 2.45) is 0 Å². The summed E-state index contributed by atoms with van der Waals surface area (Å²) in [6, 6.07) is 1.20. The number of imidazole rings is 1. The second kappa shape index (κ2) is 8.45. The average molecular weight is 485 g/mol. The first-order chi connectivity index (χ1) is 16.7. The number of hydrogen-bond donors (Lipinski definition) is 3. The lowest BCUT2D eigenvalue weighted by Gasteiger charge is -2.33. The molecule has 10 nitrogen and oxygen atoms in total. The highest BCUT2D eigenvalue weighted by molar-refractivity contribution is 5.93. The van der Waals surface area contributed by atoms with E-state index in [2.05, 4.69) is 25.7 Å². The Morgan fingerprint density at radius 3 is 2.69 bits per heavy atom. The van der Waals surface area contributed by atoms with E-state index < -0.39 is 23.1 Å². The van der Waals surface area contributed by atoms with E-state index in [1.165, 1.54) is 41.7 Å². The van der Waals surface area contributed by atoms with Crippen LogP contribution in [0.3, 0.4) is 0 Å². The Morgan fingerprint density at radius 1 is 1.26 bits per heavy atom. The van der Waals surface area contributed by atoms with Gasteiger partial charge >= 0.3 is 0 Å². The zero-order valence-electron chi connectivity index (χ0n) is 19.5. The minimum Gasteiger partial charge on any atom is -0.479 e. The fourth-order valence-corrected chi connectivity index (χ4v) is 4.54. The van der Waals surface area contributed by atoms with Gasteiger partial charge in [-0.3, -0.25) is 9.20 Å². The number of rotatable bonds is 5. The summed E-state index contributed by atoms with van der Waals surface area (Å²) in [6.45, 7) is 1.82. The Bertz CT molecular complexity index is 1440. The van der Waals surface area contributed by atoms with E-state index in [1.54, 1.807) is 0 Å². The fraction of sp³-hybridized carbons (Fsp3) is 0.391. The van der Waals surface area contributed by atoms with Gasteiger partial charge < -0.3 is 20.5 Å². The van der Waals surface area contributed by atoms with E-state index in [9.17, 15) is 14.3 Å². The minimum absolute atomic E-state index is 0.0273. The van der Waals surface area contributed by atoms with Gasteiger partial charge in [0, 0.05) is 24.8 Å². The summed E-state index contributed by atoms with van der Waals surface area (Å²) in [4.78, 5) is 20.6. The van der Waals surface area contributed by atoms with Crippen molar-refractivity contribution in [3.05, 3.63) is 42.0 Å². The summed E-state index contributed by atoms with van der Waals surface area (Å²) >= 11 is 0. The summed E-state index contributed by atoms with van der Waals surface area (Å²) in [6.07, 6.45) is 6.62. The number of aromatic nitrogens is 5. The number of halogens is 2. The van der Waals surface area contributed by atoms with Crippen molar-refractivity contribution >= 4 is 23.0 Å². The first kappa shape index (κ1) is 23.0. The van der Waals surface area contributed by atoms with E-state index in [1.807, 2.05) is 6.92 Å². The van der Waals surface area contributed by atoms with Gasteiger partial charge in [-0.1, -0.05) is 0 Å². The molecule has 4 aromatic rings. The van der Waals surface area contributed by atoms with Crippen molar-refractivity contribution in [1.82, 2.24) is 29.3 Å². The fourth-order valence-electron chi connectivity index (χ4n) is 4.54. The van der Waals surface area contributed by atoms with Gasteiger partial charge in [0.25, 0.3) is 5.91 Å². The van der Waals surface area contributed by atoms with Crippen molar-refractivity contribution < 1.29 is 23.4 Å². The molecule has 12 heteroatoms. The molecule has 4 heterocycles. The predicted octanol–water partition coefficient (Wildman–Crippen LogP) is 2.80. The Labute approximate surface area is 198 Å². The number of ether oxygens (including phenoxy) is 1. The molecule has 0 radical (unpaired) electrons. The Balaban J connectivity index is 1.58. The van der Waals surface area contributed by atoms with Crippen molar-refractivity contribution in [2.75, 3.05) is 19.5 Å². The predicted molar refractivity (Wildman–Crippen MR) is 124 cm³/mol. The van der Waals surface area contributed by atoms with E-state index in [0.29, 0.717) is 12.8 Å². The molecule has 0 saturated heterocycles. The molecule has 0 aliphatic heterocycles. The maximum absolute atomic E-state index is 15.2. The smallest absolute Gasteiger partial charge is 0.269 e. The number of amides is 1. The lowest BCUT2D eigenvalue weighted by Crippen LogP contribution is -2.36. The molecule has 1 aliphatic carbocycles. The monoisotopic (exact) mass is 485 g/mol. The number of carbonyl (C=O) groups is 1. The molecule has 4 aromatic heterocycles. The quantitative estimate of drug-likeness (QED) is 0.398. The summed E-state index contributed by atoms with van der Waals surface area (Å²) in [5.74, 6) is -1.49. The maximum Gasteiger partial charge on any atom is 0.269 e. The van der Waals surface area contributed by atoms with Crippen LogP contribution in [0.2, 0.25) is 0 Å². The van der Waals surface area contributed by atoms with Crippen LogP contribution in [0.15, 0.2) is 24.7 Å². The van der Waals surface area contributed by atoms with Gasteiger partial charge in [0.05, 0.1) is 30.7 Å². The van der Waals surface area contributed by atoms with Crippen molar-refractivity contribution in [3.8, 4) is 17.0 Å². The normalized spacial score (nSPS) is 20.3. The maximum atomic E-state index is 15.2. The van der Waals surface area contributed by atoms with Crippen LogP contribution in [0.5, 0.6) is 5.88 Å². The molecule has 1 fully saturated rings. The highest BCUT2D eigenvalue weighted by atomic mass is 19.1. The third-order valence-electron chi connectivity index (χ3n) is 6.45. The number of hydrogen-bond acceptors (Lipinski definition) is 7. The van der Waals surface area contributed by atoms with Crippen molar-refractivity contribution in [2.45, 2.75) is 44.2 Å². The molecular weight excluding hydrogens is 460 g/mol. The number of anilines is 1. The molecule has 0 unspecified atom stereocenters. The molecule has 5 rings (SSSR count). The zero-order valence-corrected chi connectivity index (χ0v) is 19.5. The standard InChI is InChI=1S/C23H25F2N7O3/c1-23(34)6-4-13(5-7-23)28-22-29-21(35-3)18-17(15(25)11-32(18)30-22)12-8-14(24)19-27-9-16(20(33)26-2)31(19)10-12/h8-11,13,34H,4-7H2,1-3H3,(H,26,33)(H,28,30). The van der Waals surface area contributed by atoms with Gasteiger partial charge in [0.1, 0.15) is 11.2 Å².